The molecular weight excluding hydrogens is 275 g/mol. The summed E-state index contributed by atoms with van der Waals surface area (Å²) in [6, 6.07) is 4.68. The SMILES string of the molecule is O=C(O)c1ccc(NCc2ccoc2)cc1C(F)(F)F. The van der Waals surface area contributed by atoms with Crippen molar-refractivity contribution in [1.29, 1.82) is 0 Å². The number of hydrogen-bond donors (Lipinski definition) is 2. The quantitative estimate of drug-likeness (QED) is 0.900. The molecule has 0 saturated heterocycles. The molecule has 20 heavy (non-hydrogen) atoms. The average Bonchev–Trinajstić information content (AvgIpc) is 2.88. The van der Waals surface area contributed by atoms with Gasteiger partial charge in [-0.15, -0.1) is 0 Å². The van der Waals surface area contributed by atoms with Gasteiger partial charge in [0.05, 0.1) is 23.7 Å². The van der Waals surface area contributed by atoms with Crippen LogP contribution in [0.4, 0.5) is 18.9 Å². The van der Waals surface area contributed by atoms with Crippen molar-refractivity contribution in [3.8, 4) is 0 Å². The molecule has 2 rings (SSSR count). The van der Waals surface area contributed by atoms with Gasteiger partial charge in [-0.05, 0) is 24.3 Å². The Hall–Kier alpha value is -2.44. The summed E-state index contributed by atoms with van der Waals surface area (Å²) < 4.78 is 43.2. The highest BCUT2D eigenvalue weighted by Gasteiger charge is 2.35. The van der Waals surface area contributed by atoms with E-state index in [1.807, 2.05) is 0 Å². The second-order valence-electron chi connectivity index (χ2n) is 4.05. The third kappa shape index (κ3) is 3.11. The van der Waals surface area contributed by atoms with Crippen LogP contribution in [0.3, 0.4) is 0 Å². The van der Waals surface area contributed by atoms with Gasteiger partial charge in [-0.1, -0.05) is 0 Å². The molecule has 0 radical (unpaired) electrons. The number of furan rings is 1. The van der Waals surface area contributed by atoms with E-state index < -0.39 is 23.3 Å². The molecule has 0 bridgehead atoms. The molecule has 7 heteroatoms. The third-order valence-corrected chi connectivity index (χ3v) is 2.63. The number of benzene rings is 1. The highest BCUT2D eigenvalue weighted by atomic mass is 19.4. The van der Waals surface area contributed by atoms with Crippen LogP contribution in [0.5, 0.6) is 0 Å². The number of carboxylic acids is 1. The molecule has 2 aromatic rings. The van der Waals surface area contributed by atoms with E-state index >= 15 is 0 Å². The summed E-state index contributed by atoms with van der Waals surface area (Å²) in [5, 5.41) is 11.5. The molecule has 0 spiro atoms. The highest BCUT2D eigenvalue weighted by molar-refractivity contribution is 5.90. The molecule has 0 amide bonds. The molecule has 0 aliphatic rings. The van der Waals surface area contributed by atoms with Gasteiger partial charge in [0.2, 0.25) is 0 Å². The molecule has 0 atom stereocenters. The van der Waals surface area contributed by atoms with Crippen molar-refractivity contribution in [2.75, 3.05) is 5.32 Å². The van der Waals surface area contributed by atoms with Gasteiger partial charge < -0.3 is 14.8 Å². The van der Waals surface area contributed by atoms with Gasteiger partial charge in [0.15, 0.2) is 0 Å². The summed E-state index contributed by atoms with van der Waals surface area (Å²) in [5.41, 5.74) is -1.00. The maximum atomic E-state index is 12.8. The molecule has 1 heterocycles. The summed E-state index contributed by atoms with van der Waals surface area (Å²) in [5.74, 6) is -1.61. The number of halogens is 3. The number of nitrogens with one attached hydrogen (secondary N) is 1. The molecule has 2 N–H and O–H groups in total. The summed E-state index contributed by atoms with van der Waals surface area (Å²) in [6.45, 7) is 0.278. The number of carboxylic acid groups (broad SMARTS) is 1. The molecule has 0 fully saturated rings. The van der Waals surface area contributed by atoms with E-state index in [4.69, 9.17) is 9.52 Å². The van der Waals surface area contributed by atoms with Crippen LogP contribution in [0.15, 0.2) is 41.2 Å². The van der Waals surface area contributed by atoms with Crippen LogP contribution >= 0.6 is 0 Å². The van der Waals surface area contributed by atoms with Crippen molar-refractivity contribution < 1.29 is 27.5 Å². The van der Waals surface area contributed by atoms with Crippen molar-refractivity contribution in [2.24, 2.45) is 0 Å². The number of hydrogen-bond acceptors (Lipinski definition) is 3. The fourth-order valence-corrected chi connectivity index (χ4v) is 1.67. The third-order valence-electron chi connectivity index (χ3n) is 2.63. The number of alkyl halides is 3. The van der Waals surface area contributed by atoms with Crippen molar-refractivity contribution in [3.63, 3.8) is 0 Å². The first kappa shape index (κ1) is 14.0. The molecule has 4 nitrogen and oxygen atoms in total. The van der Waals surface area contributed by atoms with Crippen molar-refractivity contribution in [2.45, 2.75) is 12.7 Å². The minimum absolute atomic E-state index is 0.184. The van der Waals surface area contributed by atoms with E-state index in [9.17, 15) is 18.0 Å². The first-order chi connectivity index (χ1) is 9.38. The molecule has 0 aliphatic carbocycles. The zero-order valence-corrected chi connectivity index (χ0v) is 10.1. The number of anilines is 1. The second kappa shape index (κ2) is 5.28. The lowest BCUT2D eigenvalue weighted by atomic mass is 10.1. The summed E-state index contributed by atoms with van der Waals surface area (Å²) >= 11 is 0. The fraction of sp³-hybridized carbons (Fsp3) is 0.154. The Kier molecular flexibility index (Phi) is 3.69. The van der Waals surface area contributed by atoms with Crippen LogP contribution in [0.2, 0.25) is 0 Å². The van der Waals surface area contributed by atoms with E-state index in [1.165, 1.54) is 18.6 Å². The van der Waals surface area contributed by atoms with Crippen molar-refractivity contribution in [3.05, 3.63) is 53.5 Å². The lowest BCUT2D eigenvalue weighted by molar-refractivity contribution is -0.138. The largest absolute Gasteiger partial charge is 0.478 e. The van der Waals surface area contributed by atoms with E-state index in [1.54, 1.807) is 6.07 Å². The van der Waals surface area contributed by atoms with Crippen molar-refractivity contribution in [1.82, 2.24) is 0 Å². The lowest BCUT2D eigenvalue weighted by Crippen LogP contribution is -2.13. The van der Waals surface area contributed by atoms with Gasteiger partial charge in [-0.25, -0.2) is 4.79 Å². The van der Waals surface area contributed by atoms with Crippen LogP contribution in [-0.2, 0) is 12.7 Å². The predicted molar refractivity (Wildman–Crippen MR) is 64.4 cm³/mol. The Labute approximate surface area is 111 Å². The number of aromatic carboxylic acids is 1. The first-order valence-corrected chi connectivity index (χ1v) is 5.57. The maximum absolute atomic E-state index is 12.8. The molecule has 1 aromatic carbocycles. The van der Waals surface area contributed by atoms with Gasteiger partial charge in [0.1, 0.15) is 0 Å². The van der Waals surface area contributed by atoms with Crippen LogP contribution in [-0.4, -0.2) is 11.1 Å². The molecule has 106 valence electrons. The van der Waals surface area contributed by atoms with Gasteiger partial charge in [0, 0.05) is 17.8 Å². The molecular formula is C13H10F3NO3. The Bertz CT molecular complexity index is 606. The minimum Gasteiger partial charge on any atom is -0.478 e. The van der Waals surface area contributed by atoms with E-state index in [0.717, 1.165) is 17.7 Å². The first-order valence-electron chi connectivity index (χ1n) is 5.57. The average molecular weight is 285 g/mol. The smallest absolute Gasteiger partial charge is 0.417 e. The summed E-state index contributed by atoms with van der Waals surface area (Å²) in [6.07, 6.45) is -1.81. The van der Waals surface area contributed by atoms with Crippen LogP contribution in [0.1, 0.15) is 21.5 Å². The van der Waals surface area contributed by atoms with Gasteiger partial charge >= 0.3 is 12.1 Å². The van der Waals surface area contributed by atoms with Gasteiger partial charge in [-0.3, -0.25) is 0 Å². The second-order valence-corrected chi connectivity index (χ2v) is 4.05. The maximum Gasteiger partial charge on any atom is 0.417 e. The van der Waals surface area contributed by atoms with E-state index in [-0.39, 0.29) is 12.2 Å². The summed E-state index contributed by atoms with van der Waals surface area (Å²) in [7, 11) is 0. The molecule has 0 saturated carbocycles. The highest BCUT2D eigenvalue weighted by Crippen LogP contribution is 2.34. The van der Waals surface area contributed by atoms with Gasteiger partial charge in [-0.2, -0.15) is 13.2 Å². The molecule has 0 aliphatic heterocycles. The Balaban J connectivity index is 2.25. The van der Waals surface area contributed by atoms with Crippen molar-refractivity contribution >= 4 is 11.7 Å². The Morgan fingerprint density at radius 1 is 1.30 bits per heavy atom. The predicted octanol–water partition coefficient (Wildman–Crippen LogP) is 3.61. The zero-order chi connectivity index (χ0) is 14.8. The van der Waals surface area contributed by atoms with Crippen LogP contribution in [0, 0.1) is 0 Å². The monoisotopic (exact) mass is 285 g/mol. The zero-order valence-electron chi connectivity index (χ0n) is 10.1. The Morgan fingerprint density at radius 3 is 2.60 bits per heavy atom. The number of carbonyl (C=O) groups is 1. The van der Waals surface area contributed by atoms with Crippen LogP contribution < -0.4 is 5.32 Å². The molecule has 0 unspecified atom stereocenters. The van der Waals surface area contributed by atoms with Crippen LogP contribution in [0.25, 0.3) is 0 Å². The van der Waals surface area contributed by atoms with E-state index in [2.05, 4.69) is 5.32 Å². The lowest BCUT2D eigenvalue weighted by Gasteiger charge is -2.13. The summed E-state index contributed by atoms with van der Waals surface area (Å²) in [4.78, 5) is 10.8. The van der Waals surface area contributed by atoms with Gasteiger partial charge in [0.25, 0.3) is 0 Å². The topological polar surface area (TPSA) is 62.5 Å². The minimum atomic E-state index is -4.72. The van der Waals surface area contributed by atoms with E-state index in [0.29, 0.717) is 0 Å². The standard InChI is InChI=1S/C13H10F3NO3/c14-13(15,16)11-5-9(1-2-10(11)12(18)19)17-6-8-3-4-20-7-8/h1-5,7,17H,6H2,(H,18,19). The fourth-order valence-electron chi connectivity index (χ4n) is 1.67. The Morgan fingerprint density at radius 2 is 2.05 bits per heavy atom. The normalized spacial score (nSPS) is 11.3. The number of rotatable bonds is 4. The molecule has 1 aromatic heterocycles.